The number of fused-ring (bicyclic) bond motifs is 1. The molecule has 1 fully saturated rings. The van der Waals surface area contributed by atoms with Gasteiger partial charge in [-0.05, 0) is 54.8 Å². The van der Waals surface area contributed by atoms with Gasteiger partial charge in [-0.15, -0.1) is 11.8 Å². The Balaban J connectivity index is 1.29. The molecule has 0 amide bonds. The highest BCUT2D eigenvalue weighted by molar-refractivity contribution is 8.04. The molecule has 0 saturated heterocycles. The van der Waals surface area contributed by atoms with E-state index in [9.17, 15) is 14.7 Å². The molecule has 0 unspecified atom stereocenters. The van der Waals surface area contributed by atoms with Crippen LogP contribution in [0.3, 0.4) is 0 Å². The average molecular weight is 602 g/mol. The fourth-order valence-corrected chi connectivity index (χ4v) is 7.29. The number of pyridine rings is 2. The minimum atomic E-state index is -0.937. The van der Waals surface area contributed by atoms with E-state index in [-0.39, 0.29) is 17.5 Å². The first-order valence-corrected chi connectivity index (χ1v) is 15.5. The Bertz CT molecular complexity index is 1670. The van der Waals surface area contributed by atoms with Gasteiger partial charge >= 0.3 is 5.97 Å². The maximum atomic E-state index is 13.3. The molecule has 1 saturated carbocycles. The number of carboxylic acids is 1. The van der Waals surface area contributed by atoms with Crippen molar-refractivity contribution in [3.05, 3.63) is 82.2 Å². The van der Waals surface area contributed by atoms with Gasteiger partial charge in [0, 0.05) is 41.0 Å². The maximum Gasteiger partial charge on any atom is 0.326 e. The van der Waals surface area contributed by atoms with E-state index >= 15 is 0 Å². The second-order valence-electron chi connectivity index (χ2n) is 11.2. The van der Waals surface area contributed by atoms with Gasteiger partial charge in [-0.2, -0.15) is 0 Å². The molecule has 8 nitrogen and oxygen atoms in total. The number of aliphatic carboxylic acids is 1. The lowest BCUT2D eigenvalue weighted by atomic mass is 9.62. The highest BCUT2D eigenvalue weighted by Gasteiger charge is 2.54. The first-order valence-electron chi connectivity index (χ1n) is 14.3. The molecule has 0 bridgehead atoms. The molecule has 216 valence electrons. The lowest BCUT2D eigenvalue weighted by Crippen LogP contribution is -2.54. The van der Waals surface area contributed by atoms with Crippen molar-refractivity contribution in [2.24, 2.45) is 5.41 Å². The number of ketones is 1. The van der Waals surface area contributed by atoms with E-state index in [1.807, 2.05) is 47.0 Å². The van der Waals surface area contributed by atoms with Crippen LogP contribution in [0.4, 0.5) is 0 Å². The van der Waals surface area contributed by atoms with Crippen molar-refractivity contribution >= 4 is 46.3 Å². The maximum absolute atomic E-state index is 13.3. The van der Waals surface area contributed by atoms with Crippen molar-refractivity contribution in [1.29, 1.82) is 0 Å². The third-order valence-corrected chi connectivity index (χ3v) is 9.38. The van der Waals surface area contributed by atoms with Crippen LogP contribution in [0.25, 0.3) is 28.2 Å². The minimum absolute atomic E-state index is 0.185. The highest BCUT2D eigenvalue weighted by Crippen LogP contribution is 2.55. The lowest BCUT2D eigenvalue weighted by Gasteiger charge is -2.47. The molecule has 0 aliphatic heterocycles. The summed E-state index contributed by atoms with van der Waals surface area (Å²) < 4.78 is 1.96. The van der Waals surface area contributed by atoms with Crippen LogP contribution in [-0.4, -0.2) is 47.7 Å². The van der Waals surface area contributed by atoms with Crippen molar-refractivity contribution < 1.29 is 14.7 Å². The molecule has 2 N–H and O–H groups in total. The number of rotatable bonds is 9. The van der Waals surface area contributed by atoms with E-state index < -0.39 is 17.4 Å². The van der Waals surface area contributed by atoms with Crippen LogP contribution >= 0.6 is 23.4 Å². The highest BCUT2D eigenvalue weighted by atomic mass is 35.5. The van der Waals surface area contributed by atoms with E-state index in [1.165, 1.54) is 11.8 Å². The second kappa shape index (κ2) is 11.5. The number of carbonyl (C=O) groups excluding carboxylic acids is 1. The number of halogens is 1. The molecule has 1 spiro atoms. The van der Waals surface area contributed by atoms with Crippen LogP contribution in [0.5, 0.6) is 0 Å². The third-order valence-electron chi connectivity index (χ3n) is 8.06. The number of aromatic nitrogens is 4. The van der Waals surface area contributed by atoms with E-state index in [0.29, 0.717) is 21.5 Å². The fourth-order valence-electron chi connectivity index (χ4n) is 6.03. The first kappa shape index (κ1) is 28.4. The topological polar surface area (TPSA) is 110 Å². The van der Waals surface area contributed by atoms with E-state index in [2.05, 4.69) is 29.1 Å². The molecule has 1 atom stereocenters. The van der Waals surface area contributed by atoms with Gasteiger partial charge in [0.25, 0.3) is 0 Å². The summed E-state index contributed by atoms with van der Waals surface area (Å²) in [6, 6.07) is 14.3. The minimum Gasteiger partial charge on any atom is -0.480 e. The lowest BCUT2D eigenvalue weighted by molar-refractivity contribution is -0.140. The second-order valence-corrected chi connectivity index (χ2v) is 13.2. The van der Waals surface area contributed by atoms with Crippen LogP contribution in [0, 0.1) is 5.41 Å². The van der Waals surface area contributed by atoms with Crippen molar-refractivity contribution in [1.82, 2.24) is 24.8 Å². The zero-order valence-electron chi connectivity index (χ0n) is 23.5. The summed E-state index contributed by atoms with van der Waals surface area (Å²) >= 11 is 7.56. The van der Waals surface area contributed by atoms with Gasteiger partial charge in [-0.3, -0.25) is 9.36 Å². The van der Waals surface area contributed by atoms with Gasteiger partial charge in [-0.1, -0.05) is 56.8 Å². The summed E-state index contributed by atoms with van der Waals surface area (Å²) in [5.74, 6) is -0.0712. The number of carboxylic acid groups (broad SMARTS) is 1. The summed E-state index contributed by atoms with van der Waals surface area (Å²) in [4.78, 5) is 40.1. The monoisotopic (exact) mass is 601 g/mol. The Morgan fingerprint density at radius 3 is 2.52 bits per heavy atom. The Labute approximate surface area is 253 Å². The fraction of sp³-hybridized carbons (Fsp3) is 0.344. The molecule has 4 aromatic rings. The molecule has 2 aliphatic carbocycles. The zero-order chi connectivity index (χ0) is 29.4. The Morgan fingerprint density at radius 1 is 1.10 bits per heavy atom. The summed E-state index contributed by atoms with van der Waals surface area (Å²) in [5.41, 5.74) is 4.25. The molecular formula is C32H32ClN5O3S. The summed E-state index contributed by atoms with van der Waals surface area (Å²) in [7, 11) is 0. The number of thioether (sulfide) groups is 1. The molecule has 3 aromatic heterocycles. The predicted octanol–water partition coefficient (Wildman–Crippen LogP) is 6.61. The van der Waals surface area contributed by atoms with E-state index in [1.54, 1.807) is 18.5 Å². The van der Waals surface area contributed by atoms with E-state index in [0.717, 1.165) is 60.1 Å². The number of nitrogens with zero attached hydrogens (tertiary/aromatic N) is 4. The summed E-state index contributed by atoms with van der Waals surface area (Å²) in [6.45, 7) is 4.11. The van der Waals surface area contributed by atoms with Gasteiger partial charge < -0.3 is 10.4 Å². The number of Topliss-reactive ketones (excluding diaryl/α,β-unsaturated/α-hetero) is 1. The number of carbonyl (C=O) groups is 2. The predicted molar refractivity (Wildman–Crippen MR) is 166 cm³/mol. The number of benzene rings is 1. The van der Waals surface area contributed by atoms with Crippen LogP contribution in [0.1, 0.15) is 51.5 Å². The van der Waals surface area contributed by atoms with Crippen LogP contribution < -0.4 is 5.32 Å². The Morgan fingerprint density at radius 2 is 1.86 bits per heavy atom. The third kappa shape index (κ3) is 5.20. The number of hydrogen-bond donors (Lipinski definition) is 2. The van der Waals surface area contributed by atoms with Crippen LogP contribution in [-0.2, 0) is 16.0 Å². The molecular weight excluding hydrogens is 570 g/mol. The first-order chi connectivity index (χ1) is 20.3. The van der Waals surface area contributed by atoms with Crippen LogP contribution in [0.2, 0.25) is 5.15 Å². The molecule has 6 rings (SSSR count). The Kier molecular flexibility index (Phi) is 7.81. The molecule has 2 aliphatic rings. The SMILES string of the molecule is CC(C)SC1=C(N[C@@H](Cc2ccc(-n3c(-c4ccc(Cl)nc4)nc4cccnc43)cc2)C(=O)O)C2(CCCCC2)C1=O. The van der Waals surface area contributed by atoms with Crippen molar-refractivity contribution in [2.75, 3.05) is 0 Å². The van der Waals surface area contributed by atoms with Crippen molar-refractivity contribution in [3.8, 4) is 17.1 Å². The van der Waals surface area contributed by atoms with Gasteiger partial charge in [0.1, 0.15) is 22.5 Å². The summed E-state index contributed by atoms with van der Waals surface area (Å²) in [5, 5.41) is 14.2. The number of imidazole rings is 1. The molecule has 0 radical (unpaired) electrons. The van der Waals surface area contributed by atoms with Gasteiger partial charge in [0.2, 0.25) is 0 Å². The molecule has 1 aromatic carbocycles. The largest absolute Gasteiger partial charge is 0.480 e. The Hall–Kier alpha value is -3.69. The smallest absolute Gasteiger partial charge is 0.326 e. The quantitative estimate of drug-likeness (QED) is 0.206. The standard InChI is InChI=1S/C32H32ClN5O3S/c1-19(2)42-26-27(32(28(26)39)14-4-3-5-15-32)36-24(31(40)41)17-20-8-11-22(12-9-20)38-29(21-10-13-25(33)35-18-21)37-23-7-6-16-34-30(23)38/h6-13,16,18-19,24,36H,3-5,14-15,17H2,1-2H3,(H,40,41)/t24-/m0/s1. The summed E-state index contributed by atoms with van der Waals surface area (Å²) in [6.07, 6.45) is 8.35. The normalized spacial score (nSPS) is 17.1. The van der Waals surface area contributed by atoms with E-state index in [4.69, 9.17) is 16.6 Å². The van der Waals surface area contributed by atoms with Crippen LogP contribution in [0.15, 0.2) is 71.5 Å². The van der Waals surface area contributed by atoms with Gasteiger partial charge in [0.15, 0.2) is 11.4 Å². The number of allylic oxidation sites excluding steroid dienone is 2. The molecule has 42 heavy (non-hydrogen) atoms. The number of hydrogen-bond acceptors (Lipinski definition) is 7. The van der Waals surface area contributed by atoms with Gasteiger partial charge in [-0.25, -0.2) is 19.7 Å². The van der Waals surface area contributed by atoms with Crippen molar-refractivity contribution in [2.45, 2.75) is 63.7 Å². The zero-order valence-corrected chi connectivity index (χ0v) is 25.1. The molecule has 3 heterocycles. The van der Waals surface area contributed by atoms with Gasteiger partial charge in [0.05, 0.1) is 10.3 Å². The van der Waals surface area contributed by atoms with Crippen molar-refractivity contribution in [3.63, 3.8) is 0 Å². The molecule has 10 heteroatoms. The average Bonchev–Trinajstić information content (AvgIpc) is 3.38. The number of nitrogens with one attached hydrogen (secondary N) is 1.